The van der Waals surface area contributed by atoms with Gasteiger partial charge in [-0.05, 0) is 30.5 Å². The zero-order valence-corrected chi connectivity index (χ0v) is 12.4. The van der Waals surface area contributed by atoms with Gasteiger partial charge in [0, 0.05) is 12.6 Å². The Labute approximate surface area is 124 Å². The van der Waals surface area contributed by atoms with Crippen LogP contribution in [0.5, 0.6) is 0 Å². The molecule has 0 heterocycles. The maximum Gasteiger partial charge on any atom is 0.0637 e. The summed E-state index contributed by atoms with van der Waals surface area (Å²) in [6.45, 7) is 2.90. The first kappa shape index (κ1) is 14.4. The van der Waals surface area contributed by atoms with E-state index < -0.39 is 0 Å². The zero-order chi connectivity index (χ0) is 13.7. The predicted molar refractivity (Wildman–Crippen MR) is 82.9 cm³/mol. The lowest BCUT2D eigenvalue weighted by atomic mass is 10.1. The third-order valence-electron chi connectivity index (χ3n) is 3.06. The minimum absolute atomic E-state index is 0.387. The van der Waals surface area contributed by atoms with Gasteiger partial charge in [-0.1, -0.05) is 65.7 Å². The van der Waals surface area contributed by atoms with Crippen molar-refractivity contribution in [3.05, 3.63) is 69.7 Å². The van der Waals surface area contributed by atoms with Gasteiger partial charge in [0.2, 0.25) is 0 Å². The van der Waals surface area contributed by atoms with Crippen LogP contribution in [0.4, 0.5) is 0 Å². The van der Waals surface area contributed by atoms with Crippen LogP contribution in [0.1, 0.15) is 18.1 Å². The molecule has 2 aromatic rings. The molecule has 0 aliphatic rings. The van der Waals surface area contributed by atoms with Crippen molar-refractivity contribution >= 4 is 23.2 Å². The van der Waals surface area contributed by atoms with Crippen molar-refractivity contribution in [3.8, 4) is 0 Å². The molecule has 0 aromatic heterocycles. The van der Waals surface area contributed by atoms with Gasteiger partial charge in [0.1, 0.15) is 0 Å². The van der Waals surface area contributed by atoms with E-state index in [0.29, 0.717) is 16.1 Å². The highest BCUT2D eigenvalue weighted by atomic mass is 35.5. The largest absolute Gasteiger partial charge is 0.310 e. The molecule has 0 spiro atoms. The van der Waals surface area contributed by atoms with Crippen LogP contribution in [0.15, 0.2) is 48.5 Å². The average Bonchev–Trinajstić information content (AvgIpc) is 2.42. The molecule has 0 amide bonds. The van der Waals surface area contributed by atoms with Gasteiger partial charge in [-0.25, -0.2) is 0 Å². The van der Waals surface area contributed by atoms with E-state index in [1.807, 2.05) is 18.2 Å². The van der Waals surface area contributed by atoms with Crippen molar-refractivity contribution in [2.75, 3.05) is 0 Å². The summed E-state index contributed by atoms with van der Waals surface area (Å²) >= 11 is 12.2. The molecular weight excluding hydrogens is 277 g/mol. The lowest BCUT2D eigenvalue weighted by Crippen LogP contribution is -2.27. The average molecular weight is 294 g/mol. The minimum Gasteiger partial charge on any atom is -0.310 e. The summed E-state index contributed by atoms with van der Waals surface area (Å²) in [5.74, 6) is 0. The van der Waals surface area contributed by atoms with Crippen LogP contribution in [0.3, 0.4) is 0 Å². The highest BCUT2D eigenvalue weighted by molar-refractivity contribution is 6.42. The molecular formula is C16H17Cl2N. The van der Waals surface area contributed by atoms with E-state index in [1.165, 1.54) is 5.56 Å². The van der Waals surface area contributed by atoms with Gasteiger partial charge in [0.05, 0.1) is 10.0 Å². The van der Waals surface area contributed by atoms with E-state index in [1.54, 1.807) is 6.07 Å². The fourth-order valence-corrected chi connectivity index (χ4v) is 2.40. The van der Waals surface area contributed by atoms with Gasteiger partial charge in [-0.15, -0.1) is 0 Å². The number of hydrogen-bond acceptors (Lipinski definition) is 1. The number of rotatable bonds is 5. The molecule has 1 nitrogen and oxygen atoms in total. The first-order valence-corrected chi connectivity index (χ1v) is 7.12. The van der Waals surface area contributed by atoms with Crippen molar-refractivity contribution in [2.45, 2.75) is 25.9 Å². The van der Waals surface area contributed by atoms with Gasteiger partial charge in [0.25, 0.3) is 0 Å². The van der Waals surface area contributed by atoms with Crippen LogP contribution in [0.25, 0.3) is 0 Å². The van der Waals surface area contributed by atoms with Crippen molar-refractivity contribution < 1.29 is 0 Å². The van der Waals surface area contributed by atoms with E-state index >= 15 is 0 Å². The van der Waals surface area contributed by atoms with E-state index in [4.69, 9.17) is 23.2 Å². The number of halogens is 2. The summed E-state index contributed by atoms with van der Waals surface area (Å²) in [5.41, 5.74) is 2.37. The van der Waals surface area contributed by atoms with Crippen molar-refractivity contribution in [1.82, 2.24) is 5.32 Å². The van der Waals surface area contributed by atoms with Gasteiger partial charge in [-0.3, -0.25) is 0 Å². The molecule has 19 heavy (non-hydrogen) atoms. The van der Waals surface area contributed by atoms with Crippen LogP contribution < -0.4 is 5.32 Å². The van der Waals surface area contributed by atoms with Crippen molar-refractivity contribution in [3.63, 3.8) is 0 Å². The summed E-state index contributed by atoms with van der Waals surface area (Å²) < 4.78 is 0. The zero-order valence-electron chi connectivity index (χ0n) is 10.9. The maximum atomic E-state index is 6.16. The molecule has 0 bridgehead atoms. The molecule has 0 saturated carbocycles. The topological polar surface area (TPSA) is 12.0 Å². The fourth-order valence-electron chi connectivity index (χ4n) is 2.01. The number of hydrogen-bond donors (Lipinski definition) is 1. The van der Waals surface area contributed by atoms with E-state index in [2.05, 4.69) is 36.5 Å². The summed E-state index contributed by atoms with van der Waals surface area (Å²) in [4.78, 5) is 0. The molecule has 3 heteroatoms. The molecule has 100 valence electrons. The molecule has 0 saturated heterocycles. The number of benzene rings is 2. The van der Waals surface area contributed by atoms with Crippen LogP contribution >= 0.6 is 23.2 Å². The predicted octanol–water partition coefficient (Wildman–Crippen LogP) is 4.71. The summed E-state index contributed by atoms with van der Waals surface area (Å²) in [6.07, 6.45) is 0.999. The molecule has 2 aromatic carbocycles. The molecule has 0 aliphatic heterocycles. The van der Waals surface area contributed by atoms with Gasteiger partial charge in [-0.2, -0.15) is 0 Å². The molecule has 1 atom stereocenters. The standard InChI is InChI=1S/C16H17Cl2N/c1-12(10-13-6-3-2-4-7-13)19-11-14-8-5-9-15(17)16(14)18/h2-9,12,19H,10-11H2,1H3. The van der Waals surface area contributed by atoms with Crippen LogP contribution in [-0.2, 0) is 13.0 Å². The van der Waals surface area contributed by atoms with Crippen LogP contribution in [0.2, 0.25) is 10.0 Å². The monoisotopic (exact) mass is 293 g/mol. The SMILES string of the molecule is CC(Cc1ccccc1)NCc1cccc(Cl)c1Cl. The Bertz CT molecular complexity index is 526. The molecule has 0 fully saturated rings. The molecule has 0 radical (unpaired) electrons. The molecule has 1 N–H and O–H groups in total. The van der Waals surface area contributed by atoms with E-state index in [0.717, 1.165) is 18.5 Å². The second-order valence-corrected chi connectivity index (χ2v) is 5.47. The van der Waals surface area contributed by atoms with Crippen LogP contribution in [-0.4, -0.2) is 6.04 Å². The first-order chi connectivity index (χ1) is 9.16. The molecule has 0 aliphatic carbocycles. The van der Waals surface area contributed by atoms with Crippen LogP contribution in [0, 0.1) is 0 Å². The molecule has 1 unspecified atom stereocenters. The third kappa shape index (κ3) is 4.24. The summed E-state index contributed by atoms with van der Waals surface area (Å²) in [7, 11) is 0. The lowest BCUT2D eigenvalue weighted by Gasteiger charge is -2.15. The highest BCUT2D eigenvalue weighted by Gasteiger charge is 2.07. The first-order valence-electron chi connectivity index (χ1n) is 6.37. The Balaban J connectivity index is 1.90. The highest BCUT2D eigenvalue weighted by Crippen LogP contribution is 2.25. The van der Waals surface area contributed by atoms with Crippen molar-refractivity contribution in [1.29, 1.82) is 0 Å². The quantitative estimate of drug-likeness (QED) is 0.841. The molecule has 2 rings (SSSR count). The normalized spacial score (nSPS) is 12.4. The Morgan fingerprint density at radius 1 is 1.00 bits per heavy atom. The minimum atomic E-state index is 0.387. The Morgan fingerprint density at radius 2 is 1.74 bits per heavy atom. The summed E-state index contributed by atoms with van der Waals surface area (Å²) in [6, 6.07) is 16.6. The lowest BCUT2D eigenvalue weighted by molar-refractivity contribution is 0.545. The second kappa shape index (κ2) is 6.95. The number of nitrogens with one attached hydrogen (secondary N) is 1. The van der Waals surface area contributed by atoms with E-state index in [-0.39, 0.29) is 0 Å². The Morgan fingerprint density at radius 3 is 2.47 bits per heavy atom. The fraction of sp³-hybridized carbons (Fsp3) is 0.250. The summed E-state index contributed by atoms with van der Waals surface area (Å²) in [5, 5.41) is 4.72. The third-order valence-corrected chi connectivity index (χ3v) is 3.92. The van der Waals surface area contributed by atoms with Crippen molar-refractivity contribution in [2.24, 2.45) is 0 Å². The Kier molecular flexibility index (Phi) is 5.26. The van der Waals surface area contributed by atoms with Gasteiger partial charge >= 0.3 is 0 Å². The Hall–Kier alpha value is -1.02. The van der Waals surface area contributed by atoms with Gasteiger partial charge in [0.15, 0.2) is 0 Å². The van der Waals surface area contributed by atoms with Gasteiger partial charge < -0.3 is 5.32 Å². The smallest absolute Gasteiger partial charge is 0.0637 e. The maximum absolute atomic E-state index is 6.16. The second-order valence-electron chi connectivity index (χ2n) is 4.68. The van der Waals surface area contributed by atoms with E-state index in [9.17, 15) is 0 Å².